The number of allylic oxidation sites excluding steroid dienone is 3. The van der Waals surface area contributed by atoms with Crippen LogP contribution in [0, 0.1) is 23.2 Å². The van der Waals surface area contributed by atoms with E-state index in [4.69, 9.17) is 9.47 Å². The van der Waals surface area contributed by atoms with E-state index in [0.29, 0.717) is 17.9 Å². The number of aryl methyl sites for hydroxylation is 1. The van der Waals surface area contributed by atoms with Crippen molar-refractivity contribution in [2.45, 2.75) is 44.2 Å². The van der Waals surface area contributed by atoms with E-state index in [1.165, 1.54) is 11.1 Å². The van der Waals surface area contributed by atoms with Crippen molar-refractivity contribution in [1.82, 2.24) is 4.90 Å². The number of ether oxygens (including phenoxy) is 2. The second-order valence-electron chi connectivity index (χ2n) is 10.0. The minimum Gasteiger partial charge on any atom is -0.493 e. The first-order chi connectivity index (χ1) is 15.1. The lowest BCUT2D eigenvalue weighted by atomic mass is 9.47. The molecule has 31 heavy (non-hydrogen) atoms. The third-order valence-corrected chi connectivity index (χ3v) is 8.75. The monoisotopic (exact) mass is 417 g/mol. The highest BCUT2D eigenvalue weighted by molar-refractivity contribution is 5.96. The Morgan fingerprint density at radius 3 is 2.87 bits per heavy atom. The molecule has 3 aliphatic carbocycles. The molecule has 6 rings (SSSR count). The molecule has 162 valence electrons. The molecule has 0 radical (unpaired) electrons. The van der Waals surface area contributed by atoms with Crippen molar-refractivity contribution in [3.05, 3.63) is 71.2 Å². The molecule has 0 aromatic heterocycles. The van der Waals surface area contributed by atoms with Crippen LogP contribution in [0.3, 0.4) is 0 Å². The summed E-state index contributed by atoms with van der Waals surface area (Å²) in [6, 6.07) is 11.2. The van der Waals surface area contributed by atoms with E-state index in [2.05, 4.69) is 54.4 Å². The first-order valence-electron chi connectivity index (χ1n) is 11.7. The predicted octanol–water partition coefficient (Wildman–Crippen LogP) is 4.29. The number of hydrogen-bond acceptors (Lipinski definition) is 4. The molecule has 5 aliphatic rings. The molecule has 1 spiro atoms. The summed E-state index contributed by atoms with van der Waals surface area (Å²) in [5.41, 5.74) is 2.78. The Hall–Kier alpha value is -2.33. The summed E-state index contributed by atoms with van der Waals surface area (Å²) >= 11 is 0. The highest BCUT2D eigenvalue weighted by atomic mass is 16.5. The zero-order valence-corrected chi connectivity index (χ0v) is 18.4. The fourth-order valence-corrected chi connectivity index (χ4v) is 7.40. The van der Waals surface area contributed by atoms with Gasteiger partial charge in [0.05, 0.1) is 7.11 Å². The molecule has 1 saturated carbocycles. The van der Waals surface area contributed by atoms with Crippen molar-refractivity contribution in [3.63, 3.8) is 0 Å². The summed E-state index contributed by atoms with van der Waals surface area (Å²) < 4.78 is 12.3. The van der Waals surface area contributed by atoms with Gasteiger partial charge < -0.3 is 14.4 Å². The number of benzene rings is 1. The molecule has 0 N–H and O–H groups in total. The quantitative estimate of drug-likeness (QED) is 0.717. The summed E-state index contributed by atoms with van der Waals surface area (Å²) in [6.45, 7) is 1.04. The molecule has 2 bridgehead atoms. The molecule has 2 unspecified atom stereocenters. The number of carbonyl (C=O) groups excluding carboxylic acids is 1. The van der Waals surface area contributed by atoms with Crippen LogP contribution in [0.25, 0.3) is 0 Å². The molecule has 6 atom stereocenters. The third-order valence-electron chi connectivity index (χ3n) is 8.75. The van der Waals surface area contributed by atoms with Crippen molar-refractivity contribution in [3.8, 4) is 0 Å². The van der Waals surface area contributed by atoms with E-state index in [1.54, 1.807) is 13.2 Å². The smallest absolute Gasteiger partial charge is 0.196 e. The van der Waals surface area contributed by atoms with Crippen molar-refractivity contribution in [2.24, 2.45) is 23.2 Å². The van der Waals surface area contributed by atoms with Crippen molar-refractivity contribution >= 4 is 5.78 Å². The molecule has 2 saturated heterocycles. The van der Waals surface area contributed by atoms with Crippen LogP contribution in [0.4, 0.5) is 0 Å². The normalized spacial score (nSPS) is 37.9. The Morgan fingerprint density at radius 2 is 2.06 bits per heavy atom. The van der Waals surface area contributed by atoms with Crippen LogP contribution in [-0.2, 0) is 20.7 Å². The van der Waals surface area contributed by atoms with Crippen LogP contribution in [-0.4, -0.2) is 43.5 Å². The van der Waals surface area contributed by atoms with Gasteiger partial charge >= 0.3 is 0 Å². The molecule has 3 fully saturated rings. The van der Waals surface area contributed by atoms with Gasteiger partial charge in [0.2, 0.25) is 0 Å². The van der Waals surface area contributed by atoms with Gasteiger partial charge in [0.1, 0.15) is 5.76 Å². The molecule has 2 heterocycles. The first-order valence-corrected chi connectivity index (χ1v) is 11.7. The predicted molar refractivity (Wildman–Crippen MR) is 119 cm³/mol. The van der Waals surface area contributed by atoms with Gasteiger partial charge in [-0.2, -0.15) is 0 Å². The zero-order valence-electron chi connectivity index (χ0n) is 18.4. The Morgan fingerprint density at radius 1 is 1.23 bits per heavy atom. The van der Waals surface area contributed by atoms with Gasteiger partial charge in [-0.1, -0.05) is 42.0 Å². The Bertz CT molecular complexity index is 993. The summed E-state index contributed by atoms with van der Waals surface area (Å²) in [4.78, 5) is 15.5. The van der Waals surface area contributed by atoms with E-state index in [9.17, 15) is 4.79 Å². The van der Waals surface area contributed by atoms with Gasteiger partial charge in [0, 0.05) is 23.3 Å². The Kier molecular flexibility index (Phi) is 4.43. The summed E-state index contributed by atoms with van der Waals surface area (Å²) in [7, 11) is 3.99. The number of piperidine rings is 1. The van der Waals surface area contributed by atoms with Gasteiger partial charge in [-0.3, -0.25) is 4.79 Å². The molecule has 4 heteroatoms. The van der Waals surface area contributed by atoms with Crippen molar-refractivity contribution < 1.29 is 14.3 Å². The molecule has 1 aromatic rings. The fourth-order valence-electron chi connectivity index (χ4n) is 7.40. The topological polar surface area (TPSA) is 38.8 Å². The number of likely N-dealkylation sites (tertiary alicyclic amines) is 1. The number of methoxy groups -OCH3 is 1. The number of rotatable bonds is 5. The van der Waals surface area contributed by atoms with Gasteiger partial charge in [-0.15, -0.1) is 0 Å². The van der Waals surface area contributed by atoms with E-state index >= 15 is 0 Å². The first kappa shape index (κ1) is 19.4. The maximum atomic E-state index is 13.0. The zero-order chi connectivity index (χ0) is 21.2. The average Bonchev–Trinajstić information content (AvgIpc) is 3.14. The molecule has 1 aromatic carbocycles. The van der Waals surface area contributed by atoms with E-state index in [1.807, 2.05) is 0 Å². The maximum absolute atomic E-state index is 13.0. The third kappa shape index (κ3) is 2.67. The van der Waals surface area contributed by atoms with Crippen LogP contribution in [0.2, 0.25) is 0 Å². The largest absolute Gasteiger partial charge is 0.493 e. The summed E-state index contributed by atoms with van der Waals surface area (Å²) in [5.74, 6) is 3.04. The van der Waals surface area contributed by atoms with Crippen molar-refractivity contribution in [1.29, 1.82) is 0 Å². The van der Waals surface area contributed by atoms with Crippen LogP contribution < -0.4 is 0 Å². The van der Waals surface area contributed by atoms with Gasteiger partial charge in [0.25, 0.3) is 0 Å². The molecule has 0 amide bonds. The van der Waals surface area contributed by atoms with Gasteiger partial charge in [0.15, 0.2) is 17.6 Å². The average molecular weight is 418 g/mol. The standard InChI is InChI=1S/C27H31NO3/c1-28-14-13-27-20-11-12-22(29)26(27)31-25-23(30-2)15-18(19(24(25)27)16-21(20)28)10-6-9-17-7-4-3-5-8-17/h3-5,7-8,11-12,15,19-21,24,26H,6,9-10,13-14,16H2,1-2H3/t19?,20-,21+,24?,26-,27-/m0/s1. The maximum Gasteiger partial charge on any atom is 0.196 e. The van der Waals surface area contributed by atoms with Gasteiger partial charge in [-0.25, -0.2) is 0 Å². The fraction of sp³-hybridized carbons (Fsp3) is 0.519. The SMILES string of the molecule is COC1=C2O[C@H]3C(=O)C=C[C@H]4[C@H]5CC(C(CCCc6ccccc6)=C1)C2[C@@]34CCN5C. The number of carbonyl (C=O) groups is 1. The second-order valence-corrected chi connectivity index (χ2v) is 10.0. The van der Waals surface area contributed by atoms with Crippen molar-refractivity contribution in [2.75, 3.05) is 20.7 Å². The lowest BCUT2D eigenvalue weighted by molar-refractivity contribution is -0.141. The van der Waals surface area contributed by atoms with E-state index < -0.39 is 0 Å². The second kappa shape index (κ2) is 7.09. The van der Waals surface area contributed by atoms with Crippen LogP contribution in [0.1, 0.15) is 31.2 Å². The van der Waals surface area contributed by atoms with Crippen LogP contribution in [0.5, 0.6) is 0 Å². The lowest BCUT2D eigenvalue weighted by Crippen LogP contribution is -2.64. The highest BCUT2D eigenvalue weighted by Crippen LogP contribution is 2.67. The molecule has 4 nitrogen and oxygen atoms in total. The lowest BCUT2D eigenvalue weighted by Gasteiger charge is -2.60. The van der Waals surface area contributed by atoms with Crippen LogP contribution in [0.15, 0.2) is 65.7 Å². The number of hydrogen-bond donors (Lipinski definition) is 0. The summed E-state index contributed by atoms with van der Waals surface area (Å²) in [5, 5.41) is 0. The number of ketones is 1. The Balaban J connectivity index is 1.36. The number of nitrogens with zero attached hydrogens (tertiary/aromatic N) is 1. The van der Waals surface area contributed by atoms with Crippen LogP contribution >= 0.6 is 0 Å². The highest BCUT2D eigenvalue weighted by Gasteiger charge is 2.70. The van der Waals surface area contributed by atoms with E-state index in [-0.39, 0.29) is 23.2 Å². The summed E-state index contributed by atoms with van der Waals surface area (Å²) in [6.07, 6.45) is 11.3. The van der Waals surface area contributed by atoms with E-state index in [0.717, 1.165) is 50.2 Å². The molecule has 2 aliphatic heterocycles. The Labute approximate surface area is 184 Å². The molecular weight excluding hydrogens is 386 g/mol. The van der Waals surface area contributed by atoms with Gasteiger partial charge in [-0.05, 0) is 69.3 Å². The molecular formula is C27H31NO3. The minimum atomic E-state index is -0.344. The minimum absolute atomic E-state index is 0.107.